The van der Waals surface area contributed by atoms with Crippen LogP contribution in [0.1, 0.15) is 18.4 Å². The smallest absolute Gasteiger partial charge is 0.258 e. The Morgan fingerprint density at radius 3 is 2.70 bits per heavy atom. The van der Waals surface area contributed by atoms with E-state index in [1.54, 1.807) is 18.3 Å². The minimum atomic E-state index is -3.51. The van der Waals surface area contributed by atoms with Gasteiger partial charge in [0, 0.05) is 32.5 Å². The summed E-state index contributed by atoms with van der Waals surface area (Å²) in [6.45, 7) is 2.54. The lowest BCUT2D eigenvalue weighted by atomic mass is 10.0. The van der Waals surface area contributed by atoms with E-state index in [-0.39, 0.29) is 5.03 Å². The number of sulfonamides is 1. The van der Waals surface area contributed by atoms with Crippen LogP contribution in [0, 0.1) is 5.92 Å². The highest BCUT2D eigenvalue weighted by molar-refractivity contribution is 7.89. The summed E-state index contributed by atoms with van der Waals surface area (Å²) in [6.07, 6.45) is 3.38. The topological polar surface area (TPSA) is 80.3 Å². The van der Waals surface area contributed by atoms with Crippen molar-refractivity contribution < 1.29 is 13.2 Å². The molecule has 1 aromatic rings. The van der Waals surface area contributed by atoms with E-state index < -0.39 is 10.0 Å². The Morgan fingerprint density at radius 1 is 1.35 bits per heavy atom. The molecule has 0 unspecified atom stereocenters. The first-order valence-electron chi connectivity index (χ1n) is 6.79. The van der Waals surface area contributed by atoms with Gasteiger partial charge in [0.2, 0.25) is 0 Å². The lowest BCUT2D eigenvalue weighted by molar-refractivity contribution is 0.0678. The lowest BCUT2D eigenvalue weighted by Crippen LogP contribution is -2.32. The molecule has 1 fully saturated rings. The number of nitrogens with zero attached hydrogens (tertiary/aromatic N) is 1. The van der Waals surface area contributed by atoms with Crippen molar-refractivity contribution >= 4 is 10.0 Å². The lowest BCUT2D eigenvalue weighted by Gasteiger charge is -2.21. The van der Waals surface area contributed by atoms with Crippen molar-refractivity contribution in [1.29, 1.82) is 0 Å². The van der Waals surface area contributed by atoms with Gasteiger partial charge in [-0.25, -0.2) is 18.1 Å². The first-order chi connectivity index (χ1) is 9.62. The first-order valence-corrected chi connectivity index (χ1v) is 8.27. The van der Waals surface area contributed by atoms with Gasteiger partial charge in [-0.15, -0.1) is 0 Å². The molecule has 2 heterocycles. The largest absolute Gasteiger partial charge is 0.381 e. The summed E-state index contributed by atoms with van der Waals surface area (Å²) in [5.74, 6) is 0.349. The molecule has 0 bridgehead atoms. The van der Waals surface area contributed by atoms with Crippen molar-refractivity contribution in [3.63, 3.8) is 0 Å². The Labute approximate surface area is 120 Å². The molecule has 2 rings (SSSR count). The van der Waals surface area contributed by atoms with Crippen LogP contribution in [0.4, 0.5) is 0 Å². The minimum absolute atomic E-state index is 0.0735. The molecule has 0 aliphatic carbocycles. The Kier molecular flexibility index (Phi) is 5.47. The van der Waals surface area contributed by atoms with Gasteiger partial charge in [-0.05, 0) is 37.4 Å². The predicted molar refractivity (Wildman–Crippen MR) is 75.7 cm³/mol. The van der Waals surface area contributed by atoms with Gasteiger partial charge in [0.25, 0.3) is 10.0 Å². The predicted octanol–water partition coefficient (Wildman–Crippen LogP) is 0.506. The van der Waals surface area contributed by atoms with Crippen LogP contribution >= 0.6 is 0 Å². The molecule has 0 amide bonds. The van der Waals surface area contributed by atoms with E-state index in [4.69, 9.17) is 4.74 Å². The maximum atomic E-state index is 12.1. The minimum Gasteiger partial charge on any atom is -0.381 e. The number of hydrogen-bond acceptors (Lipinski definition) is 5. The summed E-state index contributed by atoms with van der Waals surface area (Å²) < 4.78 is 32.1. The zero-order valence-electron chi connectivity index (χ0n) is 11.6. The van der Waals surface area contributed by atoms with Crippen molar-refractivity contribution in [1.82, 2.24) is 15.0 Å². The van der Waals surface area contributed by atoms with Gasteiger partial charge in [0.1, 0.15) is 0 Å². The SMILES string of the molecule is CNCc1ccc(S(=O)(=O)NCC2CCOCC2)nc1. The highest BCUT2D eigenvalue weighted by Gasteiger charge is 2.19. The van der Waals surface area contributed by atoms with Crippen LogP contribution in [0.5, 0.6) is 0 Å². The molecule has 2 N–H and O–H groups in total. The summed E-state index contributed by atoms with van der Waals surface area (Å²) in [5.41, 5.74) is 0.955. The quantitative estimate of drug-likeness (QED) is 0.800. The molecule has 0 saturated carbocycles. The first kappa shape index (κ1) is 15.4. The van der Waals surface area contributed by atoms with E-state index in [1.807, 2.05) is 7.05 Å². The van der Waals surface area contributed by atoms with E-state index in [2.05, 4.69) is 15.0 Å². The summed E-state index contributed by atoms with van der Waals surface area (Å²) in [5, 5.41) is 3.07. The molecule has 1 aromatic heterocycles. The van der Waals surface area contributed by atoms with Crippen LogP contribution in [0.25, 0.3) is 0 Å². The normalized spacial score (nSPS) is 17.2. The molecule has 112 valence electrons. The standard InChI is InChI=1S/C13H21N3O3S/c1-14-8-12-2-3-13(15-9-12)20(17,18)16-10-11-4-6-19-7-5-11/h2-3,9,11,14,16H,4-8,10H2,1H3. The van der Waals surface area contributed by atoms with E-state index in [0.29, 0.717) is 32.2 Å². The third-order valence-corrected chi connectivity index (χ3v) is 4.70. The number of pyridine rings is 1. The summed E-state index contributed by atoms with van der Waals surface area (Å²) in [6, 6.07) is 3.31. The molecule has 1 aliphatic heterocycles. The average molecular weight is 299 g/mol. The van der Waals surface area contributed by atoms with Crippen LogP contribution < -0.4 is 10.0 Å². The second-order valence-electron chi connectivity index (χ2n) is 4.94. The maximum Gasteiger partial charge on any atom is 0.258 e. The van der Waals surface area contributed by atoms with E-state index in [9.17, 15) is 8.42 Å². The fourth-order valence-electron chi connectivity index (χ4n) is 2.13. The van der Waals surface area contributed by atoms with Gasteiger partial charge in [-0.2, -0.15) is 0 Å². The van der Waals surface area contributed by atoms with E-state index >= 15 is 0 Å². The molecule has 7 heteroatoms. The molecular weight excluding hydrogens is 278 g/mol. The zero-order valence-corrected chi connectivity index (χ0v) is 12.4. The van der Waals surface area contributed by atoms with Gasteiger partial charge in [-0.1, -0.05) is 6.07 Å². The van der Waals surface area contributed by atoms with Gasteiger partial charge in [0.15, 0.2) is 5.03 Å². The fraction of sp³-hybridized carbons (Fsp3) is 0.615. The van der Waals surface area contributed by atoms with Gasteiger partial charge in [0.05, 0.1) is 0 Å². The molecule has 0 aromatic carbocycles. The molecule has 0 radical (unpaired) electrons. The van der Waals surface area contributed by atoms with Crippen molar-refractivity contribution in [2.75, 3.05) is 26.8 Å². The fourth-order valence-corrected chi connectivity index (χ4v) is 3.17. The van der Waals surface area contributed by atoms with E-state index in [1.165, 1.54) is 0 Å². The Balaban J connectivity index is 1.94. The second-order valence-corrected chi connectivity index (χ2v) is 6.66. The highest BCUT2D eigenvalue weighted by atomic mass is 32.2. The van der Waals surface area contributed by atoms with Crippen LogP contribution in [0.3, 0.4) is 0 Å². The number of nitrogens with one attached hydrogen (secondary N) is 2. The molecule has 1 saturated heterocycles. The number of aromatic nitrogens is 1. The van der Waals surface area contributed by atoms with Crippen molar-refractivity contribution in [3.8, 4) is 0 Å². The second kappa shape index (κ2) is 7.12. The van der Waals surface area contributed by atoms with E-state index in [0.717, 1.165) is 18.4 Å². The highest BCUT2D eigenvalue weighted by Crippen LogP contribution is 2.14. The maximum absolute atomic E-state index is 12.1. The molecule has 0 spiro atoms. The Morgan fingerprint density at radius 2 is 2.10 bits per heavy atom. The van der Waals surface area contributed by atoms with Crippen molar-refractivity contribution in [2.45, 2.75) is 24.4 Å². The molecule has 1 aliphatic rings. The summed E-state index contributed by atoms with van der Waals surface area (Å²) in [4.78, 5) is 4.02. The monoisotopic (exact) mass is 299 g/mol. The van der Waals surface area contributed by atoms with Crippen molar-refractivity contribution in [2.24, 2.45) is 5.92 Å². The molecule has 20 heavy (non-hydrogen) atoms. The number of hydrogen-bond donors (Lipinski definition) is 2. The van der Waals surface area contributed by atoms with Crippen LogP contribution in [0.2, 0.25) is 0 Å². The van der Waals surface area contributed by atoms with Gasteiger partial charge < -0.3 is 10.1 Å². The molecular formula is C13H21N3O3S. The van der Waals surface area contributed by atoms with Crippen LogP contribution in [0.15, 0.2) is 23.4 Å². The van der Waals surface area contributed by atoms with Crippen molar-refractivity contribution in [3.05, 3.63) is 23.9 Å². The van der Waals surface area contributed by atoms with Gasteiger partial charge >= 0.3 is 0 Å². The average Bonchev–Trinajstić information content (AvgIpc) is 2.47. The zero-order chi connectivity index (χ0) is 14.4. The van der Waals surface area contributed by atoms with Crippen LogP contribution in [-0.4, -0.2) is 40.2 Å². The summed E-state index contributed by atoms with van der Waals surface area (Å²) in [7, 11) is -1.68. The van der Waals surface area contributed by atoms with Crippen LogP contribution in [-0.2, 0) is 21.3 Å². The Bertz CT molecular complexity index is 510. The summed E-state index contributed by atoms with van der Waals surface area (Å²) >= 11 is 0. The molecule has 0 atom stereocenters. The number of rotatable bonds is 6. The third kappa shape index (κ3) is 4.24. The number of ether oxygens (including phenoxy) is 1. The molecule has 6 nitrogen and oxygen atoms in total. The Hall–Kier alpha value is -1.02. The third-order valence-electron chi connectivity index (χ3n) is 3.36. The van der Waals surface area contributed by atoms with Gasteiger partial charge in [-0.3, -0.25) is 0 Å².